The predicted octanol–water partition coefficient (Wildman–Crippen LogP) is 7.37. The molecule has 8 atom stereocenters. The Morgan fingerprint density at radius 3 is 1.57 bits per heavy atom. The molecule has 0 aliphatic carbocycles. The molecule has 0 saturated carbocycles. The van der Waals surface area contributed by atoms with Crippen LogP contribution >= 0.6 is 0 Å². The highest BCUT2D eigenvalue weighted by Gasteiger charge is 2.49. The average molecular weight is 791 g/mol. The maximum absolute atomic E-state index is 12.4. The van der Waals surface area contributed by atoms with E-state index >= 15 is 0 Å². The Hall–Kier alpha value is -4.79. The third kappa shape index (κ3) is 11.9. The fourth-order valence-corrected chi connectivity index (χ4v) is 6.76. The summed E-state index contributed by atoms with van der Waals surface area (Å²) < 4.78 is 62.7. The molecule has 2 aliphatic heterocycles. The minimum atomic E-state index is -1.22. The van der Waals surface area contributed by atoms with Crippen molar-refractivity contribution in [1.29, 1.82) is 0 Å². The third-order valence-corrected chi connectivity index (χ3v) is 9.82. The fraction of sp³-hybridized carbons (Fsp3) is 0.340. The number of ether oxygens (including phenoxy) is 10. The van der Waals surface area contributed by atoms with Crippen LogP contribution < -0.4 is 4.74 Å². The summed E-state index contributed by atoms with van der Waals surface area (Å²) in [5.74, 6) is 0.737. The minimum Gasteiger partial charge on any atom is -0.497 e. The molecule has 7 rings (SSSR count). The van der Waals surface area contributed by atoms with Crippen molar-refractivity contribution in [3.05, 3.63) is 173 Å². The summed E-state index contributed by atoms with van der Waals surface area (Å²) in [5, 5.41) is 0. The molecular formula is C47H50O11. The van der Waals surface area contributed by atoms with E-state index in [9.17, 15) is 4.79 Å². The van der Waals surface area contributed by atoms with Crippen LogP contribution in [0.1, 0.15) is 34.1 Å². The van der Waals surface area contributed by atoms with E-state index in [2.05, 4.69) is 0 Å². The Labute approximate surface area is 339 Å². The molecule has 11 heteroatoms. The van der Waals surface area contributed by atoms with Crippen LogP contribution in [-0.2, 0) is 73.9 Å². The van der Waals surface area contributed by atoms with Gasteiger partial charge in [0.05, 0.1) is 53.4 Å². The van der Waals surface area contributed by atoms with Gasteiger partial charge in [-0.2, -0.15) is 0 Å². The number of hydrogen-bond acceptors (Lipinski definition) is 11. The molecule has 11 nitrogen and oxygen atoms in total. The van der Waals surface area contributed by atoms with Crippen molar-refractivity contribution in [2.45, 2.75) is 75.8 Å². The van der Waals surface area contributed by atoms with Crippen LogP contribution in [-0.4, -0.2) is 76.3 Å². The number of hydrogen-bond donors (Lipinski definition) is 0. The highest BCUT2D eigenvalue weighted by atomic mass is 16.8. The van der Waals surface area contributed by atoms with Crippen molar-refractivity contribution < 1.29 is 52.2 Å². The van der Waals surface area contributed by atoms with Gasteiger partial charge in [-0.05, 0) is 34.4 Å². The Bertz CT molecular complexity index is 1900. The van der Waals surface area contributed by atoms with E-state index in [0.29, 0.717) is 6.29 Å². The van der Waals surface area contributed by atoms with E-state index in [1.165, 1.54) is 0 Å². The average Bonchev–Trinajstić information content (AvgIpc) is 3.77. The molecule has 2 saturated heterocycles. The first-order chi connectivity index (χ1) is 28.6. The summed E-state index contributed by atoms with van der Waals surface area (Å²) in [6, 6.07) is 47.0. The van der Waals surface area contributed by atoms with Crippen LogP contribution in [0, 0.1) is 0 Å². The number of aldehydes is 1. The quantitative estimate of drug-likeness (QED) is 0.0550. The normalized spacial score (nSPS) is 23.6. The summed E-state index contributed by atoms with van der Waals surface area (Å²) in [4.78, 5) is 12.4. The van der Waals surface area contributed by atoms with E-state index in [1.807, 2.05) is 146 Å². The molecule has 0 aromatic heterocycles. The molecule has 0 spiro atoms. The van der Waals surface area contributed by atoms with Crippen molar-refractivity contribution in [2.75, 3.05) is 26.9 Å². The molecule has 2 heterocycles. The van der Waals surface area contributed by atoms with E-state index in [-0.39, 0.29) is 46.2 Å². The zero-order valence-corrected chi connectivity index (χ0v) is 32.5. The van der Waals surface area contributed by atoms with E-state index in [0.717, 1.165) is 33.6 Å². The second kappa shape index (κ2) is 21.8. The zero-order chi connectivity index (χ0) is 39.8. The van der Waals surface area contributed by atoms with Gasteiger partial charge in [0.25, 0.3) is 0 Å². The number of methoxy groups -OCH3 is 1. The number of carbonyl (C=O) groups excluding carboxylic acids is 1. The van der Waals surface area contributed by atoms with Crippen LogP contribution in [0.25, 0.3) is 0 Å². The lowest BCUT2D eigenvalue weighted by Gasteiger charge is -2.46. The smallest absolute Gasteiger partial charge is 0.214 e. The first kappa shape index (κ1) is 41.4. The largest absolute Gasteiger partial charge is 0.497 e. The first-order valence-electron chi connectivity index (χ1n) is 19.5. The van der Waals surface area contributed by atoms with E-state index < -0.39 is 49.4 Å². The maximum Gasteiger partial charge on any atom is 0.214 e. The van der Waals surface area contributed by atoms with Gasteiger partial charge in [0.2, 0.25) is 6.29 Å². The molecule has 58 heavy (non-hydrogen) atoms. The SMILES string of the molecule is COc1ccc(C2OC[C@@H](CO[C@H](C=O)OC[C@H]3O[C@@H](OCc4ccccc4)[C@H](OCc4ccccc4)[C@@H](OCc4ccccc4)[C@H]3OCc3ccccc3)O2)cc1. The Kier molecular flexibility index (Phi) is 15.6. The second-order valence-electron chi connectivity index (χ2n) is 14.0. The lowest BCUT2D eigenvalue weighted by Crippen LogP contribution is -2.62. The summed E-state index contributed by atoms with van der Waals surface area (Å²) in [6.45, 7) is 1.35. The molecule has 0 radical (unpaired) electrons. The topological polar surface area (TPSA) is 109 Å². The van der Waals surface area contributed by atoms with Crippen molar-refractivity contribution in [1.82, 2.24) is 0 Å². The summed E-state index contributed by atoms with van der Waals surface area (Å²) >= 11 is 0. The molecule has 2 fully saturated rings. The second-order valence-corrected chi connectivity index (χ2v) is 14.0. The van der Waals surface area contributed by atoms with Gasteiger partial charge in [-0.1, -0.05) is 133 Å². The fourth-order valence-electron chi connectivity index (χ4n) is 6.76. The Balaban J connectivity index is 1.10. The van der Waals surface area contributed by atoms with Crippen LogP contribution in [0.2, 0.25) is 0 Å². The minimum absolute atomic E-state index is 0.0660. The van der Waals surface area contributed by atoms with Gasteiger partial charge in [0, 0.05) is 5.56 Å². The first-order valence-corrected chi connectivity index (χ1v) is 19.5. The van der Waals surface area contributed by atoms with Gasteiger partial charge < -0.3 is 47.4 Å². The lowest BCUT2D eigenvalue weighted by molar-refractivity contribution is -0.333. The molecular weight excluding hydrogens is 741 g/mol. The highest BCUT2D eigenvalue weighted by molar-refractivity contribution is 5.53. The molecule has 5 aromatic rings. The molecule has 2 aliphatic rings. The Morgan fingerprint density at radius 2 is 1.05 bits per heavy atom. The molecule has 0 amide bonds. The summed E-state index contributed by atoms with van der Waals surface area (Å²) in [6.07, 6.45) is -5.38. The standard InChI is InChI=1S/C47H50O11/c1-49-39-24-22-38(23-25-39)46-56-32-40(57-46)31-50-42(26-48)51-33-41-43(52-27-34-14-6-2-7-15-34)44(53-28-35-16-8-3-9-17-35)45(54-29-36-18-10-4-11-19-36)47(58-41)55-30-37-20-12-5-13-21-37/h2-26,40-47H,27-33H2,1H3/t40-,41-,42+,43+,44+,45-,46?,47-/m1/s1. The molecule has 5 aromatic carbocycles. The van der Waals surface area contributed by atoms with Gasteiger partial charge in [0.15, 0.2) is 18.9 Å². The van der Waals surface area contributed by atoms with Crippen LogP contribution in [0.4, 0.5) is 0 Å². The van der Waals surface area contributed by atoms with Crippen LogP contribution in [0.3, 0.4) is 0 Å². The molecule has 304 valence electrons. The predicted molar refractivity (Wildman–Crippen MR) is 213 cm³/mol. The monoisotopic (exact) mass is 790 g/mol. The molecule has 1 unspecified atom stereocenters. The van der Waals surface area contributed by atoms with Crippen LogP contribution in [0.5, 0.6) is 5.75 Å². The van der Waals surface area contributed by atoms with Crippen molar-refractivity contribution >= 4 is 6.29 Å². The number of carbonyl (C=O) groups is 1. The van der Waals surface area contributed by atoms with Gasteiger partial charge in [-0.3, -0.25) is 4.79 Å². The Morgan fingerprint density at radius 1 is 0.569 bits per heavy atom. The van der Waals surface area contributed by atoms with Crippen molar-refractivity contribution in [3.63, 3.8) is 0 Å². The maximum atomic E-state index is 12.4. The third-order valence-electron chi connectivity index (χ3n) is 9.82. The summed E-state index contributed by atoms with van der Waals surface area (Å²) in [7, 11) is 1.61. The molecule has 0 bridgehead atoms. The molecule has 0 N–H and O–H groups in total. The highest BCUT2D eigenvalue weighted by Crippen LogP contribution is 2.33. The zero-order valence-electron chi connectivity index (χ0n) is 32.5. The van der Waals surface area contributed by atoms with Gasteiger partial charge in [-0.25, -0.2) is 0 Å². The van der Waals surface area contributed by atoms with Crippen LogP contribution in [0.15, 0.2) is 146 Å². The summed E-state index contributed by atoms with van der Waals surface area (Å²) in [5.41, 5.74) is 4.74. The lowest BCUT2D eigenvalue weighted by atomic mass is 9.97. The van der Waals surface area contributed by atoms with Crippen molar-refractivity contribution in [2.24, 2.45) is 0 Å². The number of benzene rings is 5. The van der Waals surface area contributed by atoms with Gasteiger partial charge >= 0.3 is 0 Å². The van der Waals surface area contributed by atoms with Gasteiger partial charge in [-0.15, -0.1) is 0 Å². The van der Waals surface area contributed by atoms with Gasteiger partial charge in [0.1, 0.15) is 36.3 Å². The van der Waals surface area contributed by atoms with E-state index in [1.54, 1.807) is 7.11 Å². The van der Waals surface area contributed by atoms with Crippen molar-refractivity contribution in [3.8, 4) is 5.75 Å². The number of rotatable bonds is 21. The van der Waals surface area contributed by atoms with E-state index in [4.69, 9.17) is 47.4 Å².